The van der Waals surface area contributed by atoms with Gasteiger partial charge in [-0.3, -0.25) is 0 Å². The van der Waals surface area contributed by atoms with Crippen molar-refractivity contribution in [3.63, 3.8) is 0 Å². The van der Waals surface area contributed by atoms with Gasteiger partial charge in [0.05, 0.1) is 13.7 Å². The number of benzene rings is 2. The lowest BCUT2D eigenvalue weighted by atomic mass is 10.2. The van der Waals surface area contributed by atoms with E-state index in [0.29, 0.717) is 0 Å². The zero-order valence-corrected chi connectivity index (χ0v) is 12.9. The number of nitrogens with one attached hydrogen (secondary N) is 1. The molecule has 0 heterocycles. The third-order valence-corrected chi connectivity index (χ3v) is 3.35. The minimum Gasteiger partial charge on any atom is -0.497 e. The predicted octanol–water partition coefficient (Wildman–Crippen LogP) is 4.14. The molecule has 2 aromatic rings. The molecule has 2 aromatic carbocycles. The molecule has 0 aliphatic heterocycles. The van der Waals surface area contributed by atoms with Crippen LogP contribution < -0.4 is 14.8 Å². The highest BCUT2D eigenvalue weighted by atomic mass is 16.5. The van der Waals surface area contributed by atoms with Crippen molar-refractivity contribution in [1.29, 1.82) is 0 Å². The Morgan fingerprint density at radius 1 is 0.952 bits per heavy atom. The summed E-state index contributed by atoms with van der Waals surface area (Å²) in [6.45, 7) is 4.96. The van der Waals surface area contributed by atoms with Crippen LogP contribution in [-0.2, 0) is 6.42 Å². The van der Waals surface area contributed by atoms with Crippen LogP contribution in [0.3, 0.4) is 0 Å². The summed E-state index contributed by atoms with van der Waals surface area (Å²) >= 11 is 0. The van der Waals surface area contributed by atoms with Crippen LogP contribution in [0, 0.1) is 0 Å². The van der Waals surface area contributed by atoms with Crippen LogP contribution in [0.4, 0.5) is 5.69 Å². The molecular formula is C18H23NO2. The van der Waals surface area contributed by atoms with Gasteiger partial charge >= 0.3 is 0 Å². The SMILES string of the molecule is CCc1ccc(O[C@@H](C)CNc2ccc(OC)cc2)cc1. The molecule has 0 fully saturated rings. The van der Waals surface area contributed by atoms with E-state index < -0.39 is 0 Å². The van der Waals surface area contributed by atoms with Gasteiger partial charge in [0, 0.05) is 5.69 Å². The molecule has 0 saturated carbocycles. The van der Waals surface area contributed by atoms with Gasteiger partial charge in [-0.2, -0.15) is 0 Å². The number of hydrogen-bond acceptors (Lipinski definition) is 3. The molecule has 1 N–H and O–H groups in total. The zero-order valence-electron chi connectivity index (χ0n) is 12.9. The number of ether oxygens (including phenoxy) is 2. The van der Waals surface area contributed by atoms with Gasteiger partial charge in [0.15, 0.2) is 0 Å². The van der Waals surface area contributed by atoms with Gasteiger partial charge in [-0.25, -0.2) is 0 Å². The first kappa shape index (κ1) is 15.2. The first-order valence-corrected chi connectivity index (χ1v) is 7.34. The van der Waals surface area contributed by atoms with E-state index >= 15 is 0 Å². The molecule has 0 radical (unpaired) electrons. The molecule has 0 aliphatic carbocycles. The predicted molar refractivity (Wildman–Crippen MR) is 87.4 cm³/mol. The van der Waals surface area contributed by atoms with Gasteiger partial charge < -0.3 is 14.8 Å². The van der Waals surface area contributed by atoms with E-state index in [4.69, 9.17) is 9.47 Å². The van der Waals surface area contributed by atoms with E-state index in [1.54, 1.807) is 7.11 Å². The molecular weight excluding hydrogens is 262 g/mol. The van der Waals surface area contributed by atoms with Crippen LogP contribution in [0.2, 0.25) is 0 Å². The number of hydrogen-bond donors (Lipinski definition) is 1. The number of rotatable bonds is 7. The zero-order chi connectivity index (χ0) is 15.1. The molecule has 112 valence electrons. The van der Waals surface area contributed by atoms with E-state index in [-0.39, 0.29) is 6.10 Å². The lowest BCUT2D eigenvalue weighted by Crippen LogP contribution is -2.22. The van der Waals surface area contributed by atoms with Crippen molar-refractivity contribution in [2.24, 2.45) is 0 Å². The monoisotopic (exact) mass is 285 g/mol. The molecule has 0 spiro atoms. The Kier molecular flexibility index (Phi) is 5.50. The second-order valence-corrected chi connectivity index (χ2v) is 5.04. The fraction of sp³-hybridized carbons (Fsp3) is 0.333. The quantitative estimate of drug-likeness (QED) is 0.829. The summed E-state index contributed by atoms with van der Waals surface area (Å²) in [4.78, 5) is 0. The normalized spacial score (nSPS) is 11.8. The van der Waals surface area contributed by atoms with Gasteiger partial charge in [0.1, 0.15) is 17.6 Å². The molecule has 0 saturated heterocycles. The van der Waals surface area contributed by atoms with Crippen LogP contribution in [-0.4, -0.2) is 19.8 Å². The summed E-state index contributed by atoms with van der Waals surface area (Å²) in [6.07, 6.45) is 1.15. The molecule has 3 heteroatoms. The molecule has 1 atom stereocenters. The first-order chi connectivity index (χ1) is 10.2. The smallest absolute Gasteiger partial charge is 0.119 e. The number of anilines is 1. The molecule has 2 rings (SSSR count). The van der Waals surface area contributed by atoms with Crippen LogP contribution in [0.5, 0.6) is 11.5 Å². The maximum absolute atomic E-state index is 5.89. The molecule has 0 bridgehead atoms. The molecule has 3 nitrogen and oxygen atoms in total. The second kappa shape index (κ2) is 7.58. The Balaban J connectivity index is 1.81. The van der Waals surface area contributed by atoms with Crippen LogP contribution in [0.15, 0.2) is 48.5 Å². The average molecular weight is 285 g/mol. The largest absolute Gasteiger partial charge is 0.497 e. The third kappa shape index (κ3) is 4.71. The van der Waals surface area contributed by atoms with E-state index in [1.807, 2.05) is 36.4 Å². The van der Waals surface area contributed by atoms with Crippen LogP contribution >= 0.6 is 0 Å². The minimum absolute atomic E-state index is 0.0968. The fourth-order valence-corrected chi connectivity index (χ4v) is 2.05. The van der Waals surface area contributed by atoms with E-state index in [0.717, 1.165) is 30.2 Å². The molecule has 0 aliphatic rings. The van der Waals surface area contributed by atoms with Gasteiger partial charge in [-0.05, 0) is 55.3 Å². The lowest BCUT2D eigenvalue weighted by Gasteiger charge is -2.16. The Labute approximate surface area is 126 Å². The van der Waals surface area contributed by atoms with Crippen molar-refractivity contribution >= 4 is 5.69 Å². The summed E-state index contributed by atoms with van der Waals surface area (Å²) in [7, 11) is 1.67. The van der Waals surface area contributed by atoms with Crippen molar-refractivity contribution < 1.29 is 9.47 Å². The Hall–Kier alpha value is -2.16. The lowest BCUT2D eigenvalue weighted by molar-refractivity contribution is 0.234. The highest BCUT2D eigenvalue weighted by Gasteiger charge is 2.04. The summed E-state index contributed by atoms with van der Waals surface area (Å²) in [5, 5.41) is 3.36. The molecule has 0 aromatic heterocycles. The van der Waals surface area contributed by atoms with Crippen LogP contribution in [0.1, 0.15) is 19.4 Å². The highest BCUT2D eigenvalue weighted by Crippen LogP contribution is 2.16. The third-order valence-electron chi connectivity index (χ3n) is 3.35. The average Bonchev–Trinajstić information content (AvgIpc) is 2.54. The van der Waals surface area contributed by atoms with Gasteiger partial charge in [-0.15, -0.1) is 0 Å². The molecule has 21 heavy (non-hydrogen) atoms. The maximum atomic E-state index is 5.89. The van der Waals surface area contributed by atoms with Gasteiger partial charge in [-0.1, -0.05) is 19.1 Å². The summed E-state index contributed by atoms with van der Waals surface area (Å²) in [5.74, 6) is 1.78. The minimum atomic E-state index is 0.0968. The number of methoxy groups -OCH3 is 1. The summed E-state index contributed by atoms with van der Waals surface area (Å²) < 4.78 is 11.0. The van der Waals surface area contributed by atoms with Gasteiger partial charge in [0.25, 0.3) is 0 Å². The summed E-state index contributed by atoms with van der Waals surface area (Å²) in [5.41, 5.74) is 2.39. The molecule has 0 amide bonds. The highest BCUT2D eigenvalue weighted by molar-refractivity contribution is 5.46. The van der Waals surface area contributed by atoms with Crippen molar-refractivity contribution in [3.05, 3.63) is 54.1 Å². The van der Waals surface area contributed by atoms with Crippen molar-refractivity contribution in [1.82, 2.24) is 0 Å². The van der Waals surface area contributed by atoms with E-state index in [9.17, 15) is 0 Å². The Morgan fingerprint density at radius 2 is 1.57 bits per heavy atom. The van der Waals surface area contributed by atoms with E-state index in [2.05, 4.69) is 31.3 Å². The van der Waals surface area contributed by atoms with Crippen molar-refractivity contribution in [2.75, 3.05) is 19.0 Å². The van der Waals surface area contributed by atoms with Crippen LogP contribution in [0.25, 0.3) is 0 Å². The Morgan fingerprint density at radius 3 is 2.14 bits per heavy atom. The number of aryl methyl sites for hydroxylation is 1. The maximum Gasteiger partial charge on any atom is 0.119 e. The first-order valence-electron chi connectivity index (χ1n) is 7.34. The Bertz CT molecular complexity index is 534. The van der Waals surface area contributed by atoms with Crippen molar-refractivity contribution in [3.8, 4) is 11.5 Å². The topological polar surface area (TPSA) is 30.5 Å². The molecule has 0 unspecified atom stereocenters. The summed E-state index contributed by atoms with van der Waals surface area (Å²) in [6, 6.07) is 16.2. The second-order valence-electron chi connectivity index (χ2n) is 5.04. The van der Waals surface area contributed by atoms with Crippen molar-refractivity contribution in [2.45, 2.75) is 26.4 Å². The standard InChI is InChI=1S/C18H23NO2/c1-4-15-5-9-18(10-6-15)21-14(2)13-19-16-7-11-17(20-3)12-8-16/h5-12,14,19H,4,13H2,1-3H3/t14-/m0/s1. The van der Waals surface area contributed by atoms with E-state index in [1.165, 1.54) is 5.56 Å². The fourth-order valence-electron chi connectivity index (χ4n) is 2.05. The van der Waals surface area contributed by atoms with Gasteiger partial charge in [0.2, 0.25) is 0 Å².